The molecule has 6 nitrogen and oxygen atoms in total. The maximum atomic E-state index is 11.5. The number of carboxylic acid groups (broad SMARTS) is 1. The van der Waals surface area contributed by atoms with E-state index < -0.39 is 5.97 Å². The van der Waals surface area contributed by atoms with Gasteiger partial charge in [0.25, 0.3) is 0 Å². The van der Waals surface area contributed by atoms with Crippen molar-refractivity contribution in [1.82, 2.24) is 14.5 Å². The van der Waals surface area contributed by atoms with Gasteiger partial charge in [0.15, 0.2) is 0 Å². The summed E-state index contributed by atoms with van der Waals surface area (Å²) in [6.07, 6.45) is 6.08. The van der Waals surface area contributed by atoms with Gasteiger partial charge in [0.05, 0.1) is 10.9 Å². The maximum absolute atomic E-state index is 11.5. The van der Waals surface area contributed by atoms with Crippen LogP contribution in [0.3, 0.4) is 0 Å². The molecular formula is C20H20N4O2. The molecule has 2 aromatic heterocycles. The van der Waals surface area contributed by atoms with E-state index in [-0.39, 0.29) is 5.56 Å². The lowest BCUT2D eigenvalue weighted by Gasteiger charge is -2.21. The highest BCUT2D eigenvalue weighted by atomic mass is 16.4. The standard InChI is InChI=1S/C20H20N4O2/c1-12-4-16(23-8-14-5-15(14)9-23)3-2-13(12)7-24-10-18(20(25)26)17-6-21-11-22-19(17)24/h2-4,6,10-11,14-15H,5,7-9H2,1H3,(H,25,26). The zero-order chi connectivity index (χ0) is 17.8. The summed E-state index contributed by atoms with van der Waals surface area (Å²) in [6, 6.07) is 6.59. The number of fused-ring (bicyclic) bond motifs is 2. The van der Waals surface area contributed by atoms with Crippen LogP contribution in [0.25, 0.3) is 11.0 Å². The molecule has 5 rings (SSSR count). The van der Waals surface area contributed by atoms with E-state index in [4.69, 9.17) is 0 Å². The van der Waals surface area contributed by atoms with E-state index in [1.54, 1.807) is 12.4 Å². The predicted octanol–water partition coefficient (Wildman–Crippen LogP) is 2.94. The van der Waals surface area contributed by atoms with E-state index in [0.717, 1.165) is 11.8 Å². The van der Waals surface area contributed by atoms with Gasteiger partial charge in [-0.3, -0.25) is 0 Å². The topological polar surface area (TPSA) is 71.2 Å². The molecule has 2 unspecified atom stereocenters. The summed E-state index contributed by atoms with van der Waals surface area (Å²) < 4.78 is 1.90. The van der Waals surface area contributed by atoms with Crippen LogP contribution >= 0.6 is 0 Å². The number of hydrogen-bond donors (Lipinski definition) is 1. The van der Waals surface area contributed by atoms with E-state index in [0.29, 0.717) is 17.6 Å². The Morgan fingerprint density at radius 2 is 2.12 bits per heavy atom. The monoisotopic (exact) mass is 348 g/mol. The van der Waals surface area contributed by atoms with Gasteiger partial charge in [-0.1, -0.05) is 6.07 Å². The minimum Gasteiger partial charge on any atom is -0.478 e. The zero-order valence-corrected chi connectivity index (χ0v) is 14.6. The largest absolute Gasteiger partial charge is 0.478 e. The Bertz CT molecular complexity index is 1020. The molecule has 0 amide bonds. The number of aryl methyl sites for hydroxylation is 1. The average Bonchev–Trinajstić information content (AvgIpc) is 3.08. The minimum atomic E-state index is -0.955. The highest BCUT2D eigenvalue weighted by molar-refractivity contribution is 6.02. The lowest BCUT2D eigenvalue weighted by molar-refractivity contribution is 0.0698. The molecule has 0 bridgehead atoms. The normalized spacial score (nSPS) is 21.2. The third kappa shape index (κ3) is 2.44. The van der Waals surface area contributed by atoms with Crippen LogP contribution in [0.1, 0.15) is 27.9 Å². The average molecular weight is 348 g/mol. The summed E-state index contributed by atoms with van der Waals surface area (Å²) in [5.41, 5.74) is 4.58. The van der Waals surface area contributed by atoms with E-state index in [1.165, 1.54) is 42.7 Å². The quantitative estimate of drug-likeness (QED) is 0.785. The van der Waals surface area contributed by atoms with E-state index in [9.17, 15) is 9.90 Å². The van der Waals surface area contributed by atoms with Gasteiger partial charge in [-0.2, -0.15) is 0 Å². The molecule has 2 atom stereocenters. The van der Waals surface area contributed by atoms with Gasteiger partial charge < -0.3 is 14.6 Å². The number of hydrogen-bond acceptors (Lipinski definition) is 4. The molecule has 3 heterocycles. The molecule has 26 heavy (non-hydrogen) atoms. The fourth-order valence-corrected chi connectivity index (χ4v) is 4.17. The second kappa shape index (κ2) is 5.56. The zero-order valence-electron chi connectivity index (χ0n) is 14.6. The smallest absolute Gasteiger partial charge is 0.337 e. The number of piperidine rings is 1. The van der Waals surface area contributed by atoms with Crippen molar-refractivity contribution < 1.29 is 9.90 Å². The number of anilines is 1. The third-order valence-electron chi connectivity index (χ3n) is 5.78. The summed E-state index contributed by atoms with van der Waals surface area (Å²) in [4.78, 5) is 22.2. The first-order valence-corrected chi connectivity index (χ1v) is 8.97. The molecule has 6 heteroatoms. The number of aromatic carboxylic acids is 1. The Hall–Kier alpha value is -2.89. The third-order valence-corrected chi connectivity index (χ3v) is 5.78. The van der Waals surface area contributed by atoms with Crippen LogP contribution in [0.4, 0.5) is 5.69 Å². The second-order valence-corrected chi connectivity index (χ2v) is 7.51. The second-order valence-electron chi connectivity index (χ2n) is 7.51. The minimum absolute atomic E-state index is 0.242. The highest BCUT2D eigenvalue weighted by Gasteiger charge is 2.45. The van der Waals surface area contributed by atoms with Crippen molar-refractivity contribution in [2.24, 2.45) is 11.8 Å². The van der Waals surface area contributed by atoms with Gasteiger partial charge in [-0.05, 0) is 48.4 Å². The molecule has 3 aromatic rings. The molecule has 2 fully saturated rings. The lowest BCUT2D eigenvalue weighted by Crippen LogP contribution is -2.21. The molecule has 1 aliphatic carbocycles. The maximum Gasteiger partial charge on any atom is 0.337 e. The summed E-state index contributed by atoms with van der Waals surface area (Å²) in [7, 11) is 0. The van der Waals surface area contributed by atoms with E-state index in [1.807, 2.05) is 4.57 Å². The Labute approximate surface area is 151 Å². The van der Waals surface area contributed by atoms with Crippen LogP contribution in [0.5, 0.6) is 0 Å². The SMILES string of the molecule is Cc1cc(N2CC3CC3C2)ccc1Cn1cc(C(=O)O)c2cncnc21. The van der Waals surface area contributed by atoms with Crippen molar-refractivity contribution in [1.29, 1.82) is 0 Å². The van der Waals surface area contributed by atoms with Gasteiger partial charge in [0.1, 0.15) is 12.0 Å². The summed E-state index contributed by atoms with van der Waals surface area (Å²) in [5.74, 6) is 0.869. The van der Waals surface area contributed by atoms with E-state index >= 15 is 0 Å². The number of benzene rings is 1. The van der Waals surface area contributed by atoms with Gasteiger partial charge in [0, 0.05) is 37.7 Å². The molecule has 0 spiro atoms. The van der Waals surface area contributed by atoms with Gasteiger partial charge >= 0.3 is 5.97 Å². The Morgan fingerprint density at radius 3 is 2.85 bits per heavy atom. The molecule has 1 aromatic carbocycles. The predicted molar refractivity (Wildman–Crippen MR) is 98.6 cm³/mol. The molecule has 2 aliphatic rings. The van der Waals surface area contributed by atoms with Crippen LogP contribution in [0.2, 0.25) is 0 Å². The van der Waals surface area contributed by atoms with Crippen molar-refractivity contribution in [2.75, 3.05) is 18.0 Å². The number of carbonyl (C=O) groups is 1. The molecule has 1 N–H and O–H groups in total. The molecule has 1 aliphatic heterocycles. The first-order valence-electron chi connectivity index (χ1n) is 8.97. The number of aromatic nitrogens is 3. The molecule has 0 radical (unpaired) electrons. The van der Waals surface area contributed by atoms with Crippen molar-refractivity contribution >= 4 is 22.7 Å². The highest BCUT2D eigenvalue weighted by Crippen LogP contribution is 2.46. The van der Waals surface area contributed by atoms with Crippen molar-refractivity contribution in [3.05, 3.63) is 53.6 Å². The molecule has 1 saturated carbocycles. The summed E-state index contributed by atoms with van der Waals surface area (Å²) in [6.45, 7) is 5.09. The summed E-state index contributed by atoms with van der Waals surface area (Å²) >= 11 is 0. The lowest BCUT2D eigenvalue weighted by atomic mass is 10.1. The van der Waals surface area contributed by atoms with Crippen molar-refractivity contribution in [2.45, 2.75) is 19.9 Å². The van der Waals surface area contributed by atoms with Gasteiger partial charge in [-0.25, -0.2) is 14.8 Å². The Balaban J connectivity index is 1.46. The first kappa shape index (κ1) is 15.4. The fourth-order valence-electron chi connectivity index (χ4n) is 4.17. The number of carboxylic acids is 1. The molecule has 132 valence electrons. The van der Waals surface area contributed by atoms with Crippen LogP contribution in [0.15, 0.2) is 36.9 Å². The molecular weight excluding hydrogens is 328 g/mol. The Morgan fingerprint density at radius 1 is 1.31 bits per heavy atom. The van der Waals surface area contributed by atoms with Crippen molar-refractivity contribution in [3.8, 4) is 0 Å². The fraction of sp³-hybridized carbons (Fsp3) is 0.350. The van der Waals surface area contributed by atoms with Crippen LogP contribution in [0, 0.1) is 18.8 Å². The van der Waals surface area contributed by atoms with Crippen LogP contribution < -0.4 is 4.90 Å². The summed E-state index contributed by atoms with van der Waals surface area (Å²) in [5, 5.41) is 10.00. The van der Waals surface area contributed by atoms with Gasteiger partial charge in [0.2, 0.25) is 0 Å². The van der Waals surface area contributed by atoms with E-state index in [2.05, 4.69) is 40.0 Å². The van der Waals surface area contributed by atoms with Crippen LogP contribution in [-0.4, -0.2) is 38.7 Å². The number of rotatable bonds is 4. The van der Waals surface area contributed by atoms with Gasteiger partial charge in [-0.15, -0.1) is 0 Å². The Kier molecular flexibility index (Phi) is 3.29. The molecule has 1 saturated heterocycles. The van der Waals surface area contributed by atoms with Crippen molar-refractivity contribution in [3.63, 3.8) is 0 Å². The number of nitrogens with zero attached hydrogens (tertiary/aromatic N) is 4. The van der Waals surface area contributed by atoms with Crippen LogP contribution in [-0.2, 0) is 6.54 Å². The first-order chi connectivity index (χ1) is 12.6.